The first-order valence-corrected chi connectivity index (χ1v) is 9.78. The van der Waals surface area contributed by atoms with E-state index in [1.807, 2.05) is 0 Å². The molecule has 0 aliphatic carbocycles. The molecule has 0 radical (unpaired) electrons. The topological polar surface area (TPSA) is 69.2 Å². The first kappa shape index (κ1) is 28.6. The van der Waals surface area contributed by atoms with Gasteiger partial charge in [0.2, 0.25) is 0 Å². The van der Waals surface area contributed by atoms with Crippen LogP contribution < -0.4 is 15.3 Å². The van der Waals surface area contributed by atoms with Crippen LogP contribution in [0.3, 0.4) is 0 Å². The van der Waals surface area contributed by atoms with Gasteiger partial charge in [-0.2, -0.15) is 0 Å². The van der Waals surface area contributed by atoms with Crippen LogP contribution >= 0.6 is 22.6 Å². The van der Waals surface area contributed by atoms with Gasteiger partial charge in [-0.25, -0.2) is 0 Å². The van der Waals surface area contributed by atoms with Crippen LogP contribution in [0.15, 0.2) is 0 Å². The standard InChI is InChI=1S/3C4H9O.C2H4I.Sn/c3*1-4(2,3)5;1-2-3;/h3*1-3H3;1-2H2;/q3*-1;;+3. The summed E-state index contributed by atoms with van der Waals surface area (Å²) in [5.41, 5.74) is -2.25. The zero-order chi connectivity index (χ0) is 16.9. The van der Waals surface area contributed by atoms with Gasteiger partial charge >= 0.3 is 54.0 Å². The first-order chi connectivity index (χ1) is 7.91. The van der Waals surface area contributed by atoms with Crippen molar-refractivity contribution < 1.29 is 15.3 Å². The van der Waals surface area contributed by atoms with E-state index in [0.29, 0.717) is 0 Å². The van der Waals surface area contributed by atoms with Crippen LogP contribution in [0.1, 0.15) is 62.3 Å². The van der Waals surface area contributed by atoms with Crippen molar-refractivity contribution in [3.63, 3.8) is 0 Å². The molecule has 116 valence electrons. The molecule has 0 fully saturated rings. The van der Waals surface area contributed by atoms with Crippen molar-refractivity contribution in [2.75, 3.05) is 4.43 Å². The van der Waals surface area contributed by atoms with E-state index in [2.05, 4.69) is 22.6 Å². The molecule has 0 spiro atoms. The molecule has 0 rings (SSSR count). The molecule has 0 aliphatic heterocycles. The van der Waals surface area contributed by atoms with E-state index in [1.54, 1.807) is 84.8 Å². The summed E-state index contributed by atoms with van der Waals surface area (Å²) in [6.07, 6.45) is 0. The summed E-state index contributed by atoms with van der Waals surface area (Å²) >= 11 is 4.03. The van der Waals surface area contributed by atoms with Crippen LogP contribution in [0.5, 0.6) is 0 Å². The van der Waals surface area contributed by atoms with Gasteiger partial charge in [0.15, 0.2) is 0 Å². The second-order valence-corrected chi connectivity index (χ2v) is 9.28. The fourth-order valence-corrected chi connectivity index (χ4v) is 0. The van der Waals surface area contributed by atoms with Crippen molar-refractivity contribution in [3.8, 4) is 0 Å². The van der Waals surface area contributed by atoms with E-state index < -0.39 is 16.8 Å². The van der Waals surface area contributed by atoms with Crippen LogP contribution in [0, 0.1) is 0 Å². The Balaban J connectivity index is -0.0000000793. The molecule has 19 heavy (non-hydrogen) atoms. The first-order valence-electron chi connectivity index (χ1n) is 6.23. The molecular formula is C14H31IO3Sn. The zero-order valence-electron chi connectivity index (χ0n) is 14.0. The summed E-state index contributed by atoms with van der Waals surface area (Å²) in [6, 6.07) is 0. The Morgan fingerprint density at radius 3 is 0.737 bits per heavy atom. The van der Waals surface area contributed by atoms with Crippen LogP contribution in [0.2, 0.25) is 4.44 Å². The summed E-state index contributed by atoms with van der Waals surface area (Å²) < 4.78 is 2.73. The average Bonchev–Trinajstić information content (AvgIpc) is 1.93. The number of hydrogen-bond donors (Lipinski definition) is 0. The Bertz CT molecular complexity index is 118. The summed E-state index contributed by atoms with van der Waals surface area (Å²) in [5, 5.41) is 30.3. The fourth-order valence-electron chi connectivity index (χ4n) is 0. The molecule has 0 unspecified atom stereocenters. The number of alkyl halides is 1. The molecule has 0 amide bonds. The van der Waals surface area contributed by atoms with Gasteiger partial charge in [0.05, 0.1) is 0 Å². The van der Waals surface area contributed by atoms with E-state index in [0.717, 1.165) is 0 Å². The molecule has 5 heteroatoms. The molecule has 0 aromatic rings. The van der Waals surface area contributed by atoms with Gasteiger partial charge in [-0.15, -0.1) is 16.8 Å². The van der Waals surface area contributed by atoms with Crippen LogP contribution in [0.25, 0.3) is 0 Å². The van der Waals surface area contributed by atoms with Gasteiger partial charge in [-0.1, -0.05) is 62.3 Å². The van der Waals surface area contributed by atoms with E-state index in [-0.39, 0.29) is 0 Å². The molecule has 0 N–H and O–H groups in total. The molecule has 3 nitrogen and oxygen atoms in total. The van der Waals surface area contributed by atoms with Crippen molar-refractivity contribution in [1.29, 1.82) is 0 Å². The summed E-state index contributed by atoms with van der Waals surface area (Å²) in [5.74, 6) is 0. The zero-order valence-corrected chi connectivity index (χ0v) is 19.0. The summed E-state index contributed by atoms with van der Waals surface area (Å²) in [6.45, 7) is 14.7. The molecule has 0 bridgehead atoms. The Hall–Kier alpha value is 1.41. The Labute approximate surface area is 147 Å². The van der Waals surface area contributed by atoms with Crippen LogP contribution in [-0.4, -0.2) is 43.8 Å². The van der Waals surface area contributed by atoms with Crippen molar-refractivity contribution in [3.05, 3.63) is 0 Å². The SMILES string of the molecule is CC(C)(C)[O-].CC(C)(C)[O-].CC(C)(C)[O-].[Sn+3][CH2]CI. The van der Waals surface area contributed by atoms with E-state index in [1.165, 1.54) is 8.86 Å². The summed E-state index contributed by atoms with van der Waals surface area (Å²) in [4.78, 5) is 0. The van der Waals surface area contributed by atoms with Crippen LogP contribution in [0.4, 0.5) is 0 Å². The molecular weight excluding hydrogens is 462 g/mol. The van der Waals surface area contributed by atoms with Gasteiger partial charge < -0.3 is 15.3 Å². The number of hydrogen-bond acceptors (Lipinski definition) is 3. The predicted molar refractivity (Wildman–Crippen MR) is 88.7 cm³/mol. The van der Waals surface area contributed by atoms with E-state index in [9.17, 15) is 15.3 Å². The monoisotopic (exact) mass is 494 g/mol. The second kappa shape index (κ2) is 14.4. The van der Waals surface area contributed by atoms with E-state index in [4.69, 9.17) is 0 Å². The van der Waals surface area contributed by atoms with Crippen molar-refractivity contribution in [1.82, 2.24) is 0 Å². The molecule has 0 heterocycles. The predicted octanol–water partition coefficient (Wildman–Crippen LogP) is 1.44. The molecule has 0 saturated heterocycles. The number of halogens is 1. The minimum atomic E-state index is -0.750. The quantitative estimate of drug-likeness (QED) is 0.316. The molecule has 0 aliphatic rings. The minimum absolute atomic E-state index is 0.750. The Morgan fingerprint density at radius 2 is 0.737 bits per heavy atom. The fraction of sp³-hybridized carbons (Fsp3) is 1.00. The normalized spacial score (nSPS) is 11.1. The Morgan fingerprint density at radius 1 is 0.684 bits per heavy atom. The summed E-state index contributed by atoms with van der Waals surface area (Å²) in [7, 11) is 0. The molecule has 0 saturated carbocycles. The van der Waals surface area contributed by atoms with E-state index >= 15 is 0 Å². The maximum absolute atomic E-state index is 10.1. The van der Waals surface area contributed by atoms with Gasteiger partial charge in [0.25, 0.3) is 0 Å². The van der Waals surface area contributed by atoms with Crippen molar-refractivity contribution >= 4 is 45.1 Å². The maximum atomic E-state index is 10.1. The molecule has 0 aromatic heterocycles. The third kappa shape index (κ3) is 1010. The number of rotatable bonds is 1. The van der Waals surface area contributed by atoms with Crippen molar-refractivity contribution in [2.24, 2.45) is 0 Å². The molecule has 0 atom stereocenters. The Kier molecular flexibility index (Phi) is 21.6. The average molecular weight is 493 g/mol. The van der Waals surface area contributed by atoms with Gasteiger partial charge in [-0.3, -0.25) is 0 Å². The third-order valence-electron chi connectivity index (χ3n) is 0.0945. The second-order valence-electron chi connectivity index (χ2n) is 6.78. The van der Waals surface area contributed by atoms with Gasteiger partial charge in [0.1, 0.15) is 0 Å². The molecule has 0 aromatic carbocycles. The van der Waals surface area contributed by atoms with Crippen LogP contribution in [-0.2, 0) is 0 Å². The third-order valence-corrected chi connectivity index (χ3v) is 4.25. The van der Waals surface area contributed by atoms with Crippen molar-refractivity contribution in [2.45, 2.75) is 83.6 Å². The van der Waals surface area contributed by atoms with Gasteiger partial charge in [-0.05, 0) is 0 Å². The van der Waals surface area contributed by atoms with Gasteiger partial charge in [0, 0.05) is 0 Å².